The van der Waals surface area contributed by atoms with Crippen LogP contribution in [0.15, 0.2) is 36.9 Å². The number of rotatable bonds is 9. The molecule has 0 saturated heterocycles. The summed E-state index contributed by atoms with van der Waals surface area (Å²) in [5, 5.41) is 0.830. The maximum absolute atomic E-state index is 5.85. The smallest absolute Gasteiger partial charge is 0.0406 e. The van der Waals surface area contributed by atoms with E-state index in [2.05, 4.69) is 18.7 Å². The lowest BCUT2D eigenvalue weighted by molar-refractivity contribution is 0.597. The Balaban J connectivity index is 1.97. The molecule has 0 saturated carbocycles. The fourth-order valence-electron chi connectivity index (χ4n) is 1.98. The van der Waals surface area contributed by atoms with Crippen LogP contribution in [0.3, 0.4) is 0 Å². The zero-order chi connectivity index (χ0) is 12.3. The molecular formula is C16H23Cl. The summed E-state index contributed by atoms with van der Waals surface area (Å²) in [6, 6.07) is 8.22. The Bertz CT molecular complexity index is 300. The lowest BCUT2D eigenvalue weighted by atomic mass is 10.0. The third-order valence-corrected chi connectivity index (χ3v) is 3.29. The van der Waals surface area contributed by atoms with Crippen LogP contribution in [0, 0.1) is 0 Å². The van der Waals surface area contributed by atoms with Gasteiger partial charge in [-0.2, -0.15) is 0 Å². The van der Waals surface area contributed by atoms with Crippen LogP contribution in [-0.4, -0.2) is 0 Å². The van der Waals surface area contributed by atoms with Gasteiger partial charge in [0.1, 0.15) is 0 Å². The minimum atomic E-state index is 0.830. The molecule has 1 aromatic carbocycles. The van der Waals surface area contributed by atoms with Crippen LogP contribution in [0.25, 0.3) is 0 Å². The third kappa shape index (κ3) is 7.23. The van der Waals surface area contributed by atoms with Crippen molar-refractivity contribution in [2.24, 2.45) is 0 Å². The molecule has 0 radical (unpaired) electrons. The Labute approximate surface area is 111 Å². The van der Waals surface area contributed by atoms with E-state index in [0.717, 1.165) is 5.02 Å². The molecule has 17 heavy (non-hydrogen) atoms. The van der Waals surface area contributed by atoms with E-state index in [-0.39, 0.29) is 0 Å². The molecule has 0 N–H and O–H groups in total. The van der Waals surface area contributed by atoms with Crippen molar-refractivity contribution < 1.29 is 0 Å². The van der Waals surface area contributed by atoms with Crippen LogP contribution < -0.4 is 0 Å². The van der Waals surface area contributed by atoms with Gasteiger partial charge in [0.15, 0.2) is 0 Å². The summed E-state index contributed by atoms with van der Waals surface area (Å²) in [6.45, 7) is 3.74. The van der Waals surface area contributed by atoms with Gasteiger partial charge in [-0.1, -0.05) is 55.5 Å². The molecule has 0 amide bonds. The van der Waals surface area contributed by atoms with Gasteiger partial charge in [-0.25, -0.2) is 0 Å². The number of unbranched alkanes of at least 4 members (excludes halogenated alkanes) is 6. The summed E-state index contributed by atoms with van der Waals surface area (Å²) in [6.07, 6.45) is 12.4. The Hall–Kier alpha value is -0.750. The lowest BCUT2D eigenvalue weighted by Gasteiger charge is -2.02. The van der Waals surface area contributed by atoms with Gasteiger partial charge < -0.3 is 0 Å². The second-order valence-corrected chi connectivity index (χ2v) is 5.01. The highest BCUT2D eigenvalue weighted by Crippen LogP contribution is 2.13. The highest BCUT2D eigenvalue weighted by molar-refractivity contribution is 6.30. The third-order valence-electron chi connectivity index (χ3n) is 3.04. The summed E-state index contributed by atoms with van der Waals surface area (Å²) >= 11 is 5.85. The van der Waals surface area contributed by atoms with E-state index in [9.17, 15) is 0 Å². The van der Waals surface area contributed by atoms with Gasteiger partial charge in [0, 0.05) is 5.02 Å². The zero-order valence-corrected chi connectivity index (χ0v) is 11.4. The molecule has 1 heteroatoms. The maximum Gasteiger partial charge on any atom is 0.0406 e. The van der Waals surface area contributed by atoms with Crippen LogP contribution in [0.2, 0.25) is 5.02 Å². The Kier molecular flexibility index (Phi) is 7.83. The number of aryl methyl sites for hydroxylation is 1. The predicted octanol–water partition coefficient (Wildman–Crippen LogP) is 5.80. The summed E-state index contributed by atoms with van der Waals surface area (Å²) in [5.74, 6) is 0. The molecule has 0 fully saturated rings. The standard InChI is InChI=1S/C16H23Cl/c1-2-3-4-5-6-7-8-9-10-15-11-13-16(17)14-12-15/h2,11-14H,1,3-10H2. The SMILES string of the molecule is C=CCCCCCCCCc1ccc(Cl)cc1. The molecule has 0 atom stereocenters. The fourth-order valence-corrected chi connectivity index (χ4v) is 2.10. The minimum Gasteiger partial charge on any atom is -0.103 e. The number of benzene rings is 1. The van der Waals surface area contributed by atoms with Crippen molar-refractivity contribution in [3.63, 3.8) is 0 Å². The molecule has 0 aliphatic carbocycles. The van der Waals surface area contributed by atoms with Crippen molar-refractivity contribution in [3.8, 4) is 0 Å². The second kappa shape index (κ2) is 9.30. The predicted molar refractivity (Wildman–Crippen MR) is 77.7 cm³/mol. The van der Waals surface area contributed by atoms with Gasteiger partial charge in [0.05, 0.1) is 0 Å². The monoisotopic (exact) mass is 250 g/mol. The average molecular weight is 251 g/mol. The maximum atomic E-state index is 5.85. The van der Waals surface area contributed by atoms with E-state index >= 15 is 0 Å². The molecule has 0 nitrogen and oxygen atoms in total. The fraction of sp³-hybridized carbons (Fsp3) is 0.500. The van der Waals surface area contributed by atoms with Gasteiger partial charge >= 0.3 is 0 Å². The molecule has 0 spiro atoms. The molecule has 0 aliphatic rings. The summed E-state index contributed by atoms with van der Waals surface area (Å²) < 4.78 is 0. The van der Waals surface area contributed by atoms with Crippen molar-refractivity contribution >= 4 is 11.6 Å². The molecule has 0 unspecified atom stereocenters. The van der Waals surface area contributed by atoms with E-state index in [0.29, 0.717) is 0 Å². The summed E-state index contributed by atoms with van der Waals surface area (Å²) in [4.78, 5) is 0. The first-order chi connectivity index (χ1) is 8.33. The molecule has 0 aromatic heterocycles. The first kappa shape index (κ1) is 14.3. The van der Waals surface area contributed by atoms with Crippen LogP contribution in [0.5, 0.6) is 0 Å². The zero-order valence-electron chi connectivity index (χ0n) is 10.6. The van der Waals surface area contributed by atoms with E-state index in [1.54, 1.807) is 0 Å². The van der Waals surface area contributed by atoms with Crippen molar-refractivity contribution in [1.82, 2.24) is 0 Å². The number of allylic oxidation sites excluding steroid dienone is 1. The Morgan fingerprint density at radius 3 is 2.12 bits per heavy atom. The van der Waals surface area contributed by atoms with E-state index in [1.807, 2.05) is 18.2 Å². The van der Waals surface area contributed by atoms with E-state index in [4.69, 9.17) is 11.6 Å². The van der Waals surface area contributed by atoms with Crippen molar-refractivity contribution in [1.29, 1.82) is 0 Å². The van der Waals surface area contributed by atoms with Crippen molar-refractivity contribution in [2.45, 2.75) is 51.4 Å². The quantitative estimate of drug-likeness (QED) is 0.384. The molecule has 1 aromatic rings. The first-order valence-electron chi connectivity index (χ1n) is 6.68. The molecule has 0 heterocycles. The Morgan fingerprint density at radius 1 is 0.882 bits per heavy atom. The van der Waals surface area contributed by atoms with Gasteiger partial charge in [-0.05, 0) is 43.4 Å². The minimum absolute atomic E-state index is 0.830. The van der Waals surface area contributed by atoms with Crippen LogP contribution in [-0.2, 0) is 6.42 Å². The molecule has 94 valence electrons. The Morgan fingerprint density at radius 2 is 1.47 bits per heavy atom. The molecule has 1 rings (SSSR count). The summed E-state index contributed by atoms with van der Waals surface area (Å²) in [7, 11) is 0. The summed E-state index contributed by atoms with van der Waals surface area (Å²) in [5.41, 5.74) is 1.40. The number of hydrogen-bond acceptors (Lipinski definition) is 0. The average Bonchev–Trinajstić information content (AvgIpc) is 2.35. The van der Waals surface area contributed by atoms with Crippen molar-refractivity contribution in [3.05, 3.63) is 47.5 Å². The highest BCUT2D eigenvalue weighted by atomic mass is 35.5. The molecule has 0 bridgehead atoms. The topological polar surface area (TPSA) is 0 Å². The highest BCUT2D eigenvalue weighted by Gasteiger charge is 1.94. The van der Waals surface area contributed by atoms with E-state index < -0.39 is 0 Å². The number of hydrogen-bond donors (Lipinski definition) is 0. The van der Waals surface area contributed by atoms with Gasteiger partial charge in [0.25, 0.3) is 0 Å². The largest absolute Gasteiger partial charge is 0.103 e. The molecular weight excluding hydrogens is 228 g/mol. The van der Waals surface area contributed by atoms with Crippen molar-refractivity contribution in [2.75, 3.05) is 0 Å². The first-order valence-corrected chi connectivity index (χ1v) is 7.06. The van der Waals surface area contributed by atoms with Gasteiger partial charge in [0.2, 0.25) is 0 Å². The van der Waals surface area contributed by atoms with Crippen LogP contribution in [0.4, 0.5) is 0 Å². The lowest BCUT2D eigenvalue weighted by Crippen LogP contribution is -1.86. The van der Waals surface area contributed by atoms with Gasteiger partial charge in [-0.15, -0.1) is 6.58 Å². The van der Waals surface area contributed by atoms with Gasteiger partial charge in [-0.3, -0.25) is 0 Å². The van der Waals surface area contributed by atoms with E-state index in [1.165, 1.54) is 56.9 Å². The molecule has 0 aliphatic heterocycles. The normalized spacial score (nSPS) is 10.4. The second-order valence-electron chi connectivity index (χ2n) is 4.58. The van der Waals surface area contributed by atoms with Crippen LogP contribution in [0.1, 0.15) is 50.5 Å². The van der Waals surface area contributed by atoms with Crippen LogP contribution >= 0.6 is 11.6 Å². The number of halogens is 1.